The highest BCUT2D eigenvalue weighted by molar-refractivity contribution is 5.92. The van der Waals surface area contributed by atoms with Crippen LogP contribution in [0.25, 0.3) is 0 Å². The third-order valence-electron chi connectivity index (χ3n) is 4.51. The Morgan fingerprint density at radius 1 is 1.22 bits per heavy atom. The van der Waals surface area contributed by atoms with Gasteiger partial charge in [0.25, 0.3) is 5.91 Å². The summed E-state index contributed by atoms with van der Waals surface area (Å²) in [5, 5.41) is 0. The second-order valence-electron chi connectivity index (χ2n) is 6.28. The van der Waals surface area contributed by atoms with Crippen molar-refractivity contribution in [2.24, 2.45) is 11.5 Å². The van der Waals surface area contributed by atoms with Crippen molar-refractivity contribution < 1.29 is 4.79 Å². The molecule has 1 aromatic heterocycles. The second-order valence-corrected chi connectivity index (χ2v) is 6.28. The third-order valence-corrected chi connectivity index (χ3v) is 4.51. The van der Waals surface area contributed by atoms with Crippen molar-refractivity contribution in [1.82, 2.24) is 14.5 Å². The maximum atomic E-state index is 12.5. The zero-order valence-corrected chi connectivity index (χ0v) is 13.2. The number of hydrogen-bond acceptors (Lipinski definition) is 4. The number of carbonyl (C=O) groups is 1. The van der Waals surface area contributed by atoms with Gasteiger partial charge >= 0.3 is 0 Å². The summed E-state index contributed by atoms with van der Waals surface area (Å²) < 4.78 is 1.93. The van der Waals surface area contributed by atoms with Crippen LogP contribution in [0.5, 0.6) is 0 Å². The van der Waals surface area contributed by atoms with Crippen molar-refractivity contribution in [1.29, 1.82) is 0 Å². The molecule has 2 heterocycles. The molecule has 122 valence electrons. The first-order valence-electron chi connectivity index (χ1n) is 7.94. The first-order chi connectivity index (χ1) is 11.1. The highest BCUT2D eigenvalue weighted by Crippen LogP contribution is 2.19. The molecule has 1 aromatic carbocycles. The standard InChI is InChI=1S/C17H23N5O/c18-12-17(19)6-8-22(9-7-17)16(23)15-11-21(13-20-15)10-14-4-2-1-3-5-14/h1-5,11,13H,6-10,12,18-19H2. The molecule has 0 atom stereocenters. The van der Waals surface area contributed by atoms with Gasteiger partial charge in [-0.25, -0.2) is 4.98 Å². The molecule has 6 nitrogen and oxygen atoms in total. The second kappa shape index (κ2) is 6.52. The number of benzene rings is 1. The van der Waals surface area contributed by atoms with Gasteiger partial charge in [-0.1, -0.05) is 30.3 Å². The van der Waals surface area contributed by atoms with Crippen LogP contribution in [0, 0.1) is 0 Å². The number of likely N-dealkylation sites (tertiary alicyclic amines) is 1. The van der Waals surface area contributed by atoms with Gasteiger partial charge in [-0.15, -0.1) is 0 Å². The van der Waals surface area contributed by atoms with E-state index in [2.05, 4.69) is 17.1 Å². The Balaban J connectivity index is 1.63. The van der Waals surface area contributed by atoms with Crippen LogP contribution in [0.2, 0.25) is 0 Å². The summed E-state index contributed by atoms with van der Waals surface area (Å²) in [6, 6.07) is 10.1. The lowest BCUT2D eigenvalue weighted by Crippen LogP contribution is -2.55. The fourth-order valence-corrected chi connectivity index (χ4v) is 2.87. The van der Waals surface area contributed by atoms with E-state index < -0.39 is 0 Å². The van der Waals surface area contributed by atoms with Crippen LogP contribution in [0.15, 0.2) is 42.9 Å². The van der Waals surface area contributed by atoms with Crippen LogP contribution in [-0.2, 0) is 6.54 Å². The molecule has 1 fully saturated rings. The Kier molecular flexibility index (Phi) is 4.45. The Bertz CT molecular complexity index is 659. The fourth-order valence-electron chi connectivity index (χ4n) is 2.87. The van der Waals surface area contributed by atoms with E-state index in [9.17, 15) is 4.79 Å². The molecule has 1 aliphatic heterocycles. The summed E-state index contributed by atoms with van der Waals surface area (Å²) in [6.07, 6.45) is 4.99. The third kappa shape index (κ3) is 3.60. The highest BCUT2D eigenvalue weighted by Gasteiger charge is 2.32. The van der Waals surface area contributed by atoms with Gasteiger partial charge < -0.3 is 20.9 Å². The topological polar surface area (TPSA) is 90.2 Å². The van der Waals surface area contributed by atoms with E-state index in [0.29, 0.717) is 31.9 Å². The van der Waals surface area contributed by atoms with Crippen molar-refractivity contribution >= 4 is 5.91 Å². The molecule has 0 saturated carbocycles. The van der Waals surface area contributed by atoms with E-state index in [1.807, 2.05) is 33.9 Å². The maximum Gasteiger partial charge on any atom is 0.274 e. The van der Waals surface area contributed by atoms with Gasteiger partial charge in [-0.05, 0) is 18.4 Å². The molecule has 6 heteroatoms. The summed E-state index contributed by atoms with van der Waals surface area (Å²) in [6.45, 7) is 2.44. The van der Waals surface area contributed by atoms with Crippen molar-refractivity contribution in [3.05, 3.63) is 54.1 Å². The summed E-state index contributed by atoms with van der Waals surface area (Å²) >= 11 is 0. The number of nitrogens with two attached hydrogens (primary N) is 2. The lowest BCUT2D eigenvalue weighted by Gasteiger charge is -2.38. The van der Waals surface area contributed by atoms with Gasteiger partial charge in [0.1, 0.15) is 5.69 Å². The SMILES string of the molecule is NCC1(N)CCN(C(=O)c2cn(Cc3ccccc3)cn2)CC1. The lowest BCUT2D eigenvalue weighted by atomic mass is 9.89. The fraction of sp³-hybridized carbons (Fsp3) is 0.412. The highest BCUT2D eigenvalue weighted by atomic mass is 16.2. The molecule has 1 aliphatic rings. The van der Waals surface area contributed by atoms with Gasteiger partial charge in [-0.3, -0.25) is 4.79 Å². The molecule has 1 saturated heterocycles. The van der Waals surface area contributed by atoms with Crippen LogP contribution in [0.4, 0.5) is 0 Å². The van der Waals surface area contributed by atoms with Crippen LogP contribution < -0.4 is 11.5 Å². The number of amides is 1. The Morgan fingerprint density at radius 2 is 1.91 bits per heavy atom. The number of nitrogens with zero attached hydrogens (tertiary/aromatic N) is 3. The molecule has 3 rings (SSSR count). The van der Waals surface area contributed by atoms with Crippen LogP contribution in [-0.4, -0.2) is 45.5 Å². The van der Waals surface area contributed by atoms with Gasteiger partial charge in [0.15, 0.2) is 0 Å². The maximum absolute atomic E-state index is 12.5. The van der Waals surface area contributed by atoms with Crippen molar-refractivity contribution in [2.45, 2.75) is 24.9 Å². The van der Waals surface area contributed by atoms with Gasteiger partial charge in [0.05, 0.1) is 6.33 Å². The van der Waals surface area contributed by atoms with E-state index in [0.717, 1.165) is 12.8 Å². The number of piperidine rings is 1. The molecule has 23 heavy (non-hydrogen) atoms. The molecular formula is C17H23N5O. The number of hydrogen-bond donors (Lipinski definition) is 2. The van der Waals surface area contributed by atoms with Crippen LogP contribution in [0.1, 0.15) is 28.9 Å². The van der Waals surface area contributed by atoms with E-state index in [1.165, 1.54) is 5.56 Å². The summed E-state index contributed by atoms with van der Waals surface area (Å²) in [5.41, 5.74) is 13.2. The molecule has 0 unspecified atom stereocenters. The van der Waals surface area contributed by atoms with Gasteiger partial charge in [0, 0.05) is 37.9 Å². The monoisotopic (exact) mass is 313 g/mol. The predicted molar refractivity (Wildman–Crippen MR) is 88.9 cm³/mol. The number of aromatic nitrogens is 2. The smallest absolute Gasteiger partial charge is 0.274 e. The minimum Gasteiger partial charge on any atom is -0.337 e. The van der Waals surface area contributed by atoms with Crippen LogP contribution in [0.3, 0.4) is 0 Å². The van der Waals surface area contributed by atoms with E-state index in [1.54, 1.807) is 6.33 Å². The summed E-state index contributed by atoms with van der Waals surface area (Å²) in [5.74, 6) is -0.0316. The summed E-state index contributed by atoms with van der Waals surface area (Å²) in [4.78, 5) is 18.6. The number of carbonyl (C=O) groups excluding carboxylic acids is 1. The predicted octanol–water partition coefficient (Wildman–Crippen LogP) is 0.824. The molecular weight excluding hydrogens is 290 g/mol. The minimum absolute atomic E-state index is 0.0316. The number of imidazole rings is 1. The normalized spacial score (nSPS) is 17.2. The molecule has 1 amide bonds. The van der Waals surface area contributed by atoms with Crippen molar-refractivity contribution in [3.63, 3.8) is 0 Å². The molecule has 0 aliphatic carbocycles. The molecule has 2 aromatic rings. The first-order valence-corrected chi connectivity index (χ1v) is 7.94. The average Bonchev–Trinajstić information content (AvgIpc) is 3.04. The van der Waals surface area contributed by atoms with E-state index in [4.69, 9.17) is 11.5 Å². The lowest BCUT2D eigenvalue weighted by molar-refractivity contribution is 0.0670. The van der Waals surface area contributed by atoms with E-state index >= 15 is 0 Å². The molecule has 0 spiro atoms. The number of rotatable bonds is 4. The Labute approximate surface area is 136 Å². The Morgan fingerprint density at radius 3 is 2.57 bits per heavy atom. The first kappa shape index (κ1) is 15.7. The van der Waals surface area contributed by atoms with Crippen molar-refractivity contribution in [3.8, 4) is 0 Å². The minimum atomic E-state index is -0.330. The van der Waals surface area contributed by atoms with Gasteiger partial charge in [0.2, 0.25) is 0 Å². The molecule has 4 N–H and O–H groups in total. The quantitative estimate of drug-likeness (QED) is 0.874. The zero-order valence-electron chi connectivity index (χ0n) is 13.2. The zero-order chi connectivity index (χ0) is 16.3. The largest absolute Gasteiger partial charge is 0.337 e. The summed E-state index contributed by atoms with van der Waals surface area (Å²) in [7, 11) is 0. The van der Waals surface area contributed by atoms with Crippen molar-refractivity contribution in [2.75, 3.05) is 19.6 Å². The molecule has 0 bridgehead atoms. The van der Waals surface area contributed by atoms with Crippen LogP contribution >= 0.6 is 0 Å². The molecule has 0 radical (unpaired) electrons. The van der Waals surface area contributed by atoms with Gasteiger partial charge in [-0.2, -0.15) is 0 Å². The van der Waals surface area contributed by atoms with E-state index in [-0.39, 0.29) is 11.4 Å². The average molecular weight is 313 g/mol. The Hall–Kier alpha value is -2.18.